The zero-order valence-corrected chi connectivity index (χ0v) is 13.6. The van der Waals surface area contributed by atoms with Crippen LogP contribution >= 0.6 is 0 Å². The number of carbonyl (C=O) groups is 1. The fraction of sp³-hybridized carbons (Fsp3) is 0.526. The minimum Gasteiger partial charge on any atom is -0.352 e. The van der Waals surface area contributed by atoms with Crippen molar-refractivity contribution in [1.29, 1.82) is 0 Å². The van der Waals surface area contributed by atoms with E-state index < -0.39 is 0 Å². The fourth-order valence-electron chi connectivity index (χ4n) is 3.55. The van der Waals surface area contributed by atoms with Crippen LogP contribution < -0.4 is 5.32 Å². The Hall–Kier alpha value is -1.68. The maximum absolute atomic E-state index is 13.0. The number of hydrogen-bond acceptors (Lipinski definition) is 2. The largest absolute Gasteiger partial charge is 0.352 e. The normalized spacial score (nSPS) is 22.0. The second kappa shape index (κ2) is 7.73. The highest BCUT2D eigenvalue weighted by Crippen LogP contribution is 2.21. The summed E-state index contributed by atoms with van der Waals surface area (Å²) in [7, 11) is 0. The Bertz CT molecular complexity index is 567. The van der Waals surface area contributed by atoms with E-state index in [9.17, 15) is 9.18 Å². The number of allylic oxidation sites excluding steroid dienone is 1. The van der Waals surface area contributed by atoms with Gasteiger partial charge in [-0.3, -0.25) is 9.69 Å². The lowest BCUT2D eigenvalue weighted by Gasteiger charge is -2.33. The summed E-state index contributed by atoms with van der Waals surface area (Å²) in [6.07, 6.45) is 8.30. The van der Waals surface area contributed by atoms with Crippen molar-refractivity contribution in [3.05, 3.63) is 47.3 Å². The van der Waals surface area contributed by atoms with Gasteiger partial charge in [0.15, 0.2) is 0 Å². The second-order valence-corrected chi connectivity index (χ2v) is 6.70. The minimum atomic E-state index is -0.196. The Balaban J connectivity index is 1.47. The number of likely N-dealkylation sites (tertiary alicyclic amines) is 1. The Labute approximate surface area is 137 Å². The van der Waals surface area contributed by atoms with Crippen LogP contribution in [0.4, 0.5) is 4.39 Å². The summed E-state index contributed by atoms with van der Waals surface area (Å²) in [5, 5.41) is 3.19. The smallest absolute Gasteiger partial charge is 0.224 e. The molecule has 1 aliphatic carbocycles. The predicted octanol–water partition coefficient (Wildman–Crippen LogP) is 3.41. The van der Waals surface area contributed by atoms with Crippen molar-refractivity contribution >= 4 is 5.91 Å². The van der Waals surface area contributed by atoms with E-state index in [1.165, 1.54) is 24.1 Å². The maximum Gasteiger partial charge on any atom is 0.224 e. The zero-order valence-electron chi connectivity index (χ0n) is 13.6. The van der Waals surface area contributed by atoms with Gasteiger partial charge in [0.25, 0.3) is 0 Å². The molecule has 1 fully saturated rings. The van der Waals surface area contributed by atoms with Crippen LogP contribution in [0.25, 0.3) is 0 Å². The van der Waals surface area contributed by atoms with Crippen LogP contribution in [0.2, 0.25) is 0 Å². The number of amides is 1. The monoisotopic (exact) mass is 316 g/mol. The van der Waals surface area contributed by atoms with Crippen LogP contribution in [0.1, 0.15) is 44.1 Å². The highest BCUT2D eigenvalue weighted by Gasteiger charge is 2.22. The molecule has 0 saturated carbocycles. The Morgan fingerprint density at radius 3 is 2.83 bits per heavy atom. The van der Waals surface area contributed by atoms with Crippen molar-refractivity contribution in [2.75, 3.05) is 13.1 Å². The second-order valence-electron chi connectivity index (χ2n) is 6.70. The molecule has 3 rings (SSSR count). The van der Waals surface area contributed by atoms with E-state index in [2.05, 4.69) is 16.3 Å². The number of carbonyl (C=O) groups excluding carboxylic acids is 1. The molecule has 124 valence electrons. The molecule has 0 radical (unpaired) electrons. The molecule has 4 heteroatoms. The van der Waals surface area contributed by atoms with Crippen LogP contribution in [0, 0.1) is 5.82 Å². The van der Waals surface area contributed by atoms with Gasteiger partial charge < -0.3 is 5.32 Å². The van der Waals surface area contributed by atoms with Gasteiger partial charge in [-0.25, -0.2) is 4.39 Å². The van der Waals surface area contributed by atoms with E-state index >= 15 is 0 Å². The number of halogens is 1. The number of nitrogens with one attached hydrogen (secondary N) is 1. The summed E-state index contributed by atoms with van der Waals surface area (Å²) in [5.74, 6) is -0.0365. The average molecular weight is 316 g/mol. The molecule has 1 aromatic rings. The molecule has 1 saturated heterocycles. The van der Waals surface area contributed by atoms with E-state index in [1.807, 2.05) is 12.1 Å². The summed E-state index contributed by atoms with van der Waals surface area (Å²) in [5.41, 5.74) is 2.41. The molecular weight excluding hydrogens is 291 g/mol. The Morgan fingerprint density at radius 2 is 2.09 bits per heavy atom. The van der Waals surface area contributed by atoms with Gasteiger partial charge in [-0.15, -0.1) is 0 Å². The van der Waals surface area contributed by atoms with Crippen molar-refractivity contribution in [2.24, 2.45) is 0 Å². The molecule has 2 aliphatic rings. The van der Waals surface area contributed by atoms with Crippen LogP contribution in [0.5, 0.6) is 0 Å². The van der Waals surface area contributed by atoms with Crippen LogP contribution in [0.3, 0.4) is 0 Å². The van der Waals surface area contributed by atoms with Gasteiger partial charge in [0.05, 0.1) is 0 Å². The number of piperidine rings is 1. The first-order valence-corrected chi connectivity index (χ1v) is 8.63. The first kappa shape index (κ1) is 16.2. The third-order valence-corrected chi connectivity index (χ3v) is 4.71. The highest BCUT2D eigenvalue weighted by molar-refractivity contribution is 5.78. The Morgan fingerprint density at radius 1 is 1.26 bits per heavy atom. The summed E-state index contributed by atoms with van der Waals surface area (Å²) >= 11 is 0. The summed E-state index contributed by atoms with van der Waals surface area (Å²) in [6.45, 7) is 2.73. The van der Waals surface area contributed by atoms with Crippen molar-refractivity contribution in [1.82, 2.24) is 10.2 Å². The first-order valence-electron chi connectivity index (χ1n) is 8.63. The highest BCUT2D eigenvalue weighted by atomic mass is 19.1. The lowest BCUT2D eigenvalue weighted by molar-refractivity contribution is -0.121. The molecule has 0 aromatic heterocycles. The van der Waals surface area contributed by atoms with Gasteiger partial charge in [-0.05, 0) is 56.3 Å². The SMILES string of the molecule is O=C(CC1=CCCC1)N[C@H]1CCCN(Cc2ccc(F)cc2)C1. The number of hydrogen-bond donors (Lipinski definition) is 1. The molecule has 1 atom stereocenters. The number of rotatable bonds is 5. The van der Waals surface area contributed by atoms with Crippen LogP contribution in [-0.4, -0.2) is 29.9 Å². The third kappa shape index (κ3) is 4.90. The Kier molecular flexibility index (Phi) is 5.44. The maximum atomic E-state index is 13.0. The van der Waals surface area contributed by atoms with E-state index in [-0.39, 0.29) is 17.8 Å². The fourth-order valence-corrected chi connectivity index (χ4v) is 3.55. The van der Waals surface area contributed by atoms with Gasteiger partial charge in [0.1, 0.15) is 5.82 Å². The molecule has 0 bridgehead atoms. The number of benzene rings is 1. The molecule has 23 heavy (non-hydrogen) atoms. The van der Waals surface area contributed by atoms with E-state index in [0.717, 1.165) is 50.9 Å². The third-order valence-electron chi connectivity index (χ3n) is 4.71. The quantitative estimate of drug-likeness (QED) is 0.844. The van der Waals surface area contributed by atoms with Crippen molar-refractivity contribution in [3.8, 4) is 0 Å². The molecule has 1 heterocycles. The van der Waals surface area contributed by atoms with Crippen LogP contribution in [0.15, 0.2) is 35.9 Å². The van der Waals surface area contributed by atoms with E-state index in [1.54, 1.807) is 0 Å². The molecule has 1 N–H and O–H groups in total. The summed E-state index contributed by atoms with van der Waals surface area (Å²) < 4.78 is 13.0. The lowest BCUT2D eigenvalue weighted by atomic mass is 10.0. The number of nitrogens with zero attached hydrogens (tertiary/aromatic N) is 1. The van der Waals surface area contributed by atoms with Gasteiger partial charge in [-0.1, -0.05) is 23.8 Å². The topological polar surface area (TPSA) is 32.3 Å². The molecule has 0 spiro atoms. The lowest BCUT2D eigenvalue weighted by Crippen LogP contribution is -2.47. The molecular formula is C19H25FN2O. The van der Waals surface area contributed by atoms with Gasteiger partial charge in [0.2, 0.25) is 5.91 Å². The van der Waals surface area contributed by atoms with Gasteiger partial charge in [0, 0.05) is 25.6 Å². The van der Waals surface area contributed by atoms with E-state index in [4.69, 9.17) is 0 Å². The molecule has 3 nitrogen and oxygen atoms in total. The molecule has 1 aromatic carbocycles. The molecule has 1 aliphatic heterocycles. The van der Waals surface area contributed by atoms with Gasteiger partial charge in [-0.2, -0.15) is 0 Å². The van der Waals surface area contributed by atoms with Crippen molar-refractivity contribution in [3.63, 3.8) is 0 Å². The first-order chi connectivity index (χ1) is 11.2. The minimum absolute atomic E-state index is 0.159. The van der Waals surface area contributed by atoms with E-state index in [0.29, 0.717) is 6.42 Å². The standard InChI is InChI=1S/C19H25FN2O/c20-17-9-7-16(8-10-17)13-22-11-3-6-18(14-22)21-19(23)12-15-4-1-2-5-15/h4,7-10,18H,1-3,5-6,11-14H2,(H,21,23)/t18-/m0/s1. The van der Waals surface area contributed by atoms with Crippen LogP contribution in [-0.2, 0) is 11.3 Å². The van der Waals surface area contributed by atoms with Crippen molar-refractivity contribution < 1.29 is 9.18 Å². The van der Waals surface area contributed by atoms with Crippen molar-refractivity contribution in [2.45, 2.75) is 51.1 Å². The average Bonchev–Trinajstić information content (AvgIpc) is 3.03. The summed E-state index contributed by atoms with van der Waals surface area (Å²) in [6, 6.07) is 6.93. The predicted molar refractivity (Wildman–Crippen MR) is 89.4 cm³/mol. The molecule has 1 amide bonds. The summed E-state index contributed by atoms with van der Waals surface area (Å²) in [4.78, 5) is 14.5. The van der Waals surface area contributed by atoms with Gasteiger partial charge >= 0.3 is 0 Å². The molecule has 0 unspecified atom stereocenters. The zero-order chi connectivity index (χ0) is 16.1.